The number of carbonyl (C=O) groups is 1. The van der Waals surface area contributed by atoms with Crippen LogP contribution >= 0.6 is 11.6 Å². The third-order valence-corrected chi connectivity index (χ3v) is 6.89. The Balaban J connectivity index is 1.73. The van der Waals surface area contributed by atoms with Crippen LogP contribution in [0.5, 0.6) is 5.75 Å². The van der Waals surface area contributed by atoms with E-state index in [1.54, 1.807) is 25.3 Å². The number of benzene rings is 2. The SMILES string of the molecule is COc1cccc(Cl)c1C(=O)NC(c1ccccc1)C1(N2CCCC2)CCCC1. The molecule has 0 bridgehead atoms. The van der Waals surface area contributed by atoms with E-state index in [1.807, 2.05) is 6.07 Å². The Morgan fingerprint density at radius 2 is 1.72 bits per heavy atom. The van der Waals surface area contributed by atoms with Crippen molar-refractivity contribution in [1.29, 1.82) is 0 Å². The van der Waals surface area contributed by atoms with Gasteiger partial charge in [-0.3, -0.25) is 9.69 Å². The van der Waals surface area contributed by atoms with Gasteiger partial charge in [0, 0.05) is 5.54 Å². The summed E-state index contributed by atoms with van der Waals surface area (Å²) < 4.78 is 5.43. The summed E-state index contributed by atoms with van der Waals surface area (Å²) in [7, 11) is 1.57. The van der Waals surface area contributed by atoms with Crippen LogP contribution in [0.15, 0.2) is 48.5 Å². The van der Waals surface area contributed by atoms with Crippen molar-refractivity contribution in [3.05, 3.63) is 64.7 Å². The lowest BCUT2D eigenvalue weighted by atomic mass is 9.81. The van der Waals surface area contributed by atoms with E-state index in [1.165, 1.54) is 25.7 Å². The highest BCUT2D eigenvalue weighted by Gasteiger charge is 2.48. The van der Waals surface area contributed by atoms with Crippen molar-refractivity contribution < 1.29 is 9.53 Å². The molecule has 1 aliphatic heterocycles. The summed E-state index contributed by atoms with van der Waals surface area (Å²) in [6, 6.07) is 15.6. The van der Waals surface area contributed by atoms with Crippen molar-refractivity contribution in [2.75, 3.05) is 20.2 Å². The monoisotopic (exact) mass is 412 g/mol. The molecule has 154 valence electrons. The number of methoxy groups -OCH3 is 1. The van der Waals surface area contributed by atoms with Gasteiger partial charge in [-0.15, -0.1) is 0 Å². The maximum atomic E-state index is 13.4. The van der Waals surface area contributed by atoms with Gasteiger partial charge in [0.1, 0.15) is 5.75 Å². The van der Waals surface area contributed by atoms with Gasteiger partial charge in [-0.1, -0.05) is 60.8 Å². The zero-order valence-electron chi connectivity index (χ0n) is 17.0. The number of amides is 1. The Morgan fingerprint density at radius 1 is 1.03 bits per heavy atom. The molecule has 1 saturated heterocycles. The molecule has 1 unspecified atom stereocenters. The van der Waals surface area contributed by atoms with Gasteiger partial charge in [-0.25, -0.2) is 0 Å². The van der Waals surface area contributed by atoms with E-state index >= 15 is 0 Å². The molecular formula is C24H29ClN2O2. The Morgan fingerprint density at radius 3 is 2.38 bits per heavy atom. The molecule has 1 heterocycles. The molecule has 2 fully saturated rings. The van der Waals surface area contributed by atoms with E-state index < -0.39 is 0 Å². The standard InChI is InChI=1S/C24H29ClN2O2/c1-29-20-13-9-12-19(25)21(20)23(28)26-22(18-10-3-2-4-11-18)24(14-5-6-15-24)27-16-7-8-17-27/h2-4,9-13,22H,5-8,14-17H2,1H3,(H,26,28). The topological polar surface area (TPSA) is 41.6 Å². The van der Waals surface area contributed by atoms with Crippen LogP contribution in [0.3, 0.4) is 0 Å². The molecule has 4 rings (SSSR count). The van der Waals surface area contributed by atoms with E-state index in [0.717, 1.165) is 31.5 Å². The summed E-state index contributed by atoms with van der Waals surface area (Å²) in [5.74, 6) is 0.329. The van der Waals surface area contributed by atoms with Crippen LogP contribution < -0.4 is 10.1 Å². The maximum absolute atomic E-state index is 13.4. The molecule has 1 N–H and O–H groups in total. The second kappa shape index (κ2) is 8.76. The Bertz CT molecular complexity index is 843. The summed E-state index contributed by atoms with van der Waals surface area (Å²) >= 11 is 6.40. The summed E-state index contributed by atoms with van der Waals surface area (Å²) in [4.78, 5) is 16.1. The van der Waals surface area contributed by atoms with Crippen molar-refractivity contribution in [3.63, 3.8) is 0 Å². The van der Waals surface area contributed by atoms with E-state index in [2.05, 4.69) is 34.5 Å². The van der Waals surface area contributed by atoms with Crippen molar-refractivity contribution in [3.8, 4) is 5.75 Å². The fourth-order valence-electron chi connectivity index (χ4n) is 5.21. The molecule has 5 heteroatoms. The third kappa shape index (κ3) is 3.88. The number of hydrogen-bond donors (Lipinski definition) is 1. The Hall–Kier alpha value is -2.04. The van der Waals surface area contributed by atoms with Crippen LogP contribution in [0.25, 0.3) is 0 Å². The molecule has 0 spiro atoms. The van der Waals surface area contributed by atoms with Crippen molar-refractivity contribution in [2.24, 2.45) is 0 Å². The first-order valence-electron chi connectivity index (χ1n) is 10.6. The molecule has 1 aliphatic carbocycles. The van der Waals surface area contributed by atoms with E-state index in [4.69, 9.17) is 16.3 Å². The molecular weight excluding hydrogens is 384 g/mol. The third-order valence-electron chi connectivity index (χ3n) is 6.57. The molecule has 4 nitrogen and oxygen atoms in total. The molecule has 0 aromatic heterocycles. The fourth-order valence-corrected chi connectivity index (χ4v) is 5.46. The lowest BCUT2D eigenvalue weighted by Crippen LogP contribution is -2.55. The van der Waals surface area contributed by atoms with Gasteiger partial charge >= 0.3 is 0 Å². The van der Waals surface area contributed by atoms with Gasteiger partial charge in [0.15, 0.2) is 0 Å². The molecule has 2 aliphatic rings. The predicted molar refractivity (Wildman–Crippen MR) is 117 cm³/mol. The number of likely N-dealkylation sites (tertiary alicyclic amines) is 1. The van der Waals surface area contributed by atoms with Crippen molar-refractivity contribution >= 4 is 17.5 Å². The number of nitrogens with zero attached hydrogens (tertiary/aromatic N) is 1. The maximum Gasteiger partial charge on any atom is 0.257 e. The van der Waals surface area contributed by atoms with Gasteiger partial charge in [0.05, 0.1) is 23.7 Å². The average Bonchev–Trinajstić information content (AvgIpc) is 3.45. The van der Waals surface area contributed by atoms with Crippen molar-refractivity contribution in [2.45, 2.75) is 50.1 Å². The Kier molecular flexibility index (Phi) is 6.12. The Labute approximate surface area is 178 Å². The predicted octanol–water partition coefficient (Wildman–Crippen LogP) is 5.23. The van der Waals surface area contributed by atoms with Crippen LogP contribution in [-0.2, 0) is 0 Å². The highest BCUT2D eigenvalue weighted by Crippen LogP contribution is 2.46. The second-order valence-corrected chi connectivity index (χ2v) is 8.55. The minimum Gasteiger partial charge on any atom is -0.496 e. The lowest BCUT2D eigenvalue weighted by molar-refractivity contribution is 0.0641. The van der Waals surface area contributed by atoms with Crippen LogP contribution in [0.4, 0.5) is 0 Å². The summed E-state index contributed by atoms with van der Waals surface area (Å²) in [6.45, 7) is 2.21. The smallest absolute Gasteiger partial charge is 0.257 e. The summed E-state index contributed by atoms with van der Waals surface area (Å²) in [6.07, 6.45) is 7.07. The van der Waals surface area contributed by atoms with E-state index in [9.17, 15) is 4.79 Å². The van der Waals surface area contributed by atoms with Crippen LogP contribution in [-0.4, -0.2) is 36.5 Å². The fraction of sp³-hybridized carbons (Fsp3) is 0.458. The first-order chi connectivity index (χ1) is 14.2. The highest BCUT2D eigenvalue weighted by atomic mass is 35.5. The first-order valence-corrected chi connectivity index (χ1v) is 11.0. The summed E-state index contributed by atoms with van der Waals surface area (Å²) in [5.41, 5.74) is 1.52. The van der Waals surface area contributed by atoms with Gasteiger partial charge in [0.25, 0.3) is 5.91 Å². The van der Waals surface area contributed by atoms with Gasteiger partial charge in [-0.2, -0.15) is 0 Å². The number of hydrogen-bond acceptors (Lipinski definition) is 3. The van der Waals surface area contributed by atoms with Crippen molar-refractivity contribution in [1.82, 2.24) is 10.2 Å². The van der Waals surface area contributed by atoms with Gasteiger partial charge < -0.3 is 10.1 Å². The zero-order chi connectivity index (χ0) is 20.3. The minimum absolute atomic E-state index is 0.0397. The quantitative estimate of drug-likeness (QED) is 0.706. The molecule has 1 saturated carbocycles. The van der Waals surface area contributed by atoms with Crippen LogP contribution in [0.1, 0.15) is 60.5 Å². The molecule has 29 heavy (non-hydrogen) atoms. The first kappa shape index (κ1) is 20.2. The minimum atomic E-state index is -0.174. The van der Waals surface area contributed by atoms with E-state index in [0.29, 0.717) is 16.3 Å². The van der Waals surface area contributed by atoms with Crippen LogP contribution in [0, 0.1) is 0 Å². The number of halogens is 1. The van der Waals surface area contributed by atoms with Crippen LogP contribution in [0.2, 0.25) is 5.02 Å². The number of rotatable bonds is 6. The number of carbonyl (C=O) groups excluding carboxylic acids is 1. The van der Waals surface area contributed by atoms with Gasteiger partial charge in [-0.05, 0) is 56.5 Å². The molecule has 1 atom stereocenters. The van der Waals surface area contributed by atoms with E-state index in [-0.39, 0.29) is 17.5 Å². The largest absolute Gasteiger partial charge is 0.496 e. The molecule has 2 aromatic rings. The number of nitrogens with one attached hydrogen (secondary N) is 1. The number of ether oxygens (including phenoxy) is 1. The lowest BCUT2D eigenvalue weighted by Gasteiger charge is -2.45. The zero-order valence-corrected chi connectivity index (χ0v) is 17.8. The molecule has 1 amide bonds. The van der Waals surface area contributed by atoms with Gasteiger partial charge in [0.2, 0.25) is 0 Å². The highest BCUT2D eigenvalue weighted by molar-refractivity contribution is 6.34. The molecule has 0 radical (unpaired) electrons. The average molecular weight is 413 g/mol. The normalized spacial score (nSPS) is 19.8. The second-order valence-electron chi connectivity index (χ2n) is 8.14. The molecule has 2 aromatic carbocycles. The summed E-state index contributed by atoms with van der Waals surface area (Å²) in [5, 5.41) is 3.79.